The Morgan fingerprint density at radius 3 is 1.09 bits per heavy atom. The maximum Gasteiger partial charge on any atom is 0.253 e. The maximum atomic E-state index is 14.3. The van der Waals surface area contributed by atoms with Crippen molar-refractivity contribution in [3.8, 4) is 11.5 Å². The van der Waals surface area contributed by atoms with Crippen LogP contribution in [-0.4, -0.2) is 55.9 Å². The molecule has 0 bridgehead atoms. The summed E-state index contributed by atoms with van der Waals surface area (Å²) in [6.45, 7) is 0. The fourth-order valence-corrected chi connectivity index (χ4v) is 7.50. The van der Waals surface area contributed by atoms with Crippen molar-refractivity contribution in [3.05, 3.63) is 120 Å². The van der Waals surface area contributed by atoms with Crippen molar-refractivity contribution in [2.75, 3.05) is 9.80 Å². The van der Waals surface area contributed by atoms with E-state index in [0.29, 0.717) is 22.5 Å². The fraction of sp³-hybridized carbons (Fsp3) is 0.176. The summed E-state index contributed by atoms with van der Waals surface area (Å²) in [5, 5.41) is 23.7. The summed E-state index contributed by atoms with van der Waals surface area (Å²) >= 11 is 0. The maximum absolute atomic E-state index is 14.3. The van der Waals surface area contributed by atoms with E-state index in [4.69, 9.17) is 0 Å². The van der Waals surface area contributed by atoms with Crippen LogP contribution in [0, 0.1) is 11.8 Å². The van der Waals surface area contributed by atoms with Gasteiger partial charge < -0.3 is 10.2 Å². The van der Waals surface area contributed by atoms with Crippen LogP contribution < -0.4 is 9.80 Å². The molecule has 8 rings (SSSR count). The van der Waals surface area contributed by atoms with Crippen LogP contribution in [0.4, 0.5) is 11.4 Å². The van der Waals surface area contributed by atoms with Crippen molar-refractivity contribution in [2.24, 2.45) is 11.8 Å². The minimum atomic E-state index is -1.00. The van der Waals surface area contributed by atoms with Crippen LogP contribution >= 0.6 is 0 Å². The van der Waals surface area contributed by atoms with Crippen molar-refractivity contribution >= 4 is 35.0 Å². The van der Waals surface area contributed by atoms with Gasteiger partial charge in [-0.2, -0.15) is 0 Å². The van der Waals surface area contributed by atoms with Crippen molar-refractivity contribution < 1.29 is 29.4 Å². The lowest BCUT2D eigenvalue weighted by atomic mass is 9.84. The lowest BCUT2D eigenvalue weighted by Gasteiger charge is -2.35. The molecule has 10 nitrogen and oxygen atoms in total. The van der Waals surface area contributed by atoms with Gasteiger partial charge in [-0.05, 0) is 59.7 Å². The molecule has 4 aromatic carbocycles. The number of nitrogens with zero attached hydrogens (tertiary/aromatic N) is 4. The molecule has 0 aromatic heterocycles. The van der Waals surface area contributed by atoms with Crippen LogP contribution in [0.1, 0.15) is 23.2 Å². The van der Waals surface area contributed by atoms with Gasteiger partial charge in [-0.25, -0.2) is 19.8 Å². The number of hydrogen-bond donors (Lipinski definition) is 2. The summed E-state index contributed by atoms with van der Waals surface area (Å²) in [5.41, 5.74) is 2.13. The standard InChI is InChI=1S/C34H26N4O6/c39-23-15-11-19(12-16-23)27-25-29(33(43)35(31(25)41)21-7-3-1-4-8-21)37-28(20-13-17-24(40)18-14-20)26-30(38(27)37)34(44)36(32(26)42)22-9-5-2-6-10-22/h1-18,25-30,39-40H/t25-,26-,27+,28+,29-,30+/m0/s1. The molecule has 4 amide bonds. The minimum absolute atomic E-state index is 0.0310. The van der Waals surface area contributed by atoms with Crippen molar-refractivity contribution in [1.29, 1.82) is 0 Å². The van der Waals surface area contributed by atoms with Gasteiger partial charge in [0.05, 0.1) is 35.3 Å². The number of hydrazine groups is 1. The molecule has 4 aromatic rings. The number of fused-ring (bicyclic) bond motifs is 5. The number of aromatic hydroxyl groups is 2. The van der Waals surface area contributed by atoms with Crippen LogP contribution in [0.25, 0.3) is 0 Å². The molecule has 4 aliphatic heterocycles. The molecule has 10 heteroatoms. The van der Waals surface area contributed by atoms with E-state index in [1.165, 1.54) is 34.1 Å². The second-order valence-corrected chi connectivity index (χ2v) is 11.5. The summed E-state index contributed by atoms with van der Waals surface area (Å²) in [6.07, 6.45) is 0. The Morgan fingerprint density at radius 2 is 0.750 bits per heavy atom. The summed E-state index contributed by atoms with van der Waals surface area (Å²) in [7, 11) is 0. The van der Waals surface area contributed by atoms with E-state index in [1.807, 2.05) is 0 Å². The first-order chi connectivity index (χ1) is 21.4. The lowest BCUT2D eigenvalue weighted by molar-refractivity contribution is -0.136. The molecule has 0 unspecified atom stereocenters. The van der Waals surface area contributed by atoms with Gasteiger partial charge in [-0.3, -0.25) is 19.2 Å². The highest BCUT2D eigenvalue weighted by Gasteiger charge is 2.73. The smallest absolute Gasteiger partial charge is 0.253 e. The first kappa shape index (κ1) is 26.3. The molecule has 4 fully saturated rings. The number of amides is 4. The first-order valence-electron chi connectivity index (χ1n) is 14.4. The first-order valence-corrected chi connectivity index (χ1v) is 14.4. The normalized spacial score (nSPS) is 28.1. The zero-order valence-electron chi connectivity index (χ0n) is 23.2. The number of imide groups is 2. The third kappa shape index (κ3) is 3.55. The van der Waals surface area contributed by atoms with E-state index in [-0.39, 0.29) is 11.5 Å². The molecule has 218 valence electrons. The molecule has 4 heterocycles. The van der Waals surface area contributed by atoms with Gasteiger partial charge in [-0.15, -0.1) is 0 Å². The molecule has 0 aliphatic carbocycles. The SMILES string of the molecule is O=C1[C@@H]2[C@@H](C(=O)N1c1ccccc1)N1[C@H](c3ccc(O)cc3)[C@@H]3C(=O)N(c4ccccc4)C(=O)[C@@H]3N1[C@@H]2c1ccc(O)cc1. The van der Waals surface area contributed by atoms with E-state index in [1.54, 1.807) is 94.9 Å². The van der Waals surface area contributed by atoms with Crippen LogP contribution in [0.5, 0.6) is 11.5 Å². The Kier molecular flexibility index (Phi) is 5.74. The number of anilines is 2. The zero-order chi connectivity index (χ0) is 30.3. The molecular weight excluding hydrogens is 560 g/mol. The zero-order valence-corrected chi connectivity index (χ0v) is 23.2. The summed E-state index contributed by atoms with van der Waals surface area (Å²) in [4.78, 5) is 59.7. The van der Waals surface area contributed by atoms with Gasteiger partial charge in [0.2, 0.25) is 11.8 Å². The molecule has 6 atom stereocenters. The van der Waals surface area contributed by atoms with Crippen LogP contribution in [0.3, 0.4) is 0 Å². The third-order valence-corrected chi connectivity index (χ3v) is 9.22. The number of benzene rings is 4. The van der Waals surface area contributed by atoms with Gasteiger partial charge in [0.15, 0.2) is 0 Å². The average molecular weight is 587 g/mol. The third-order valence-electron chi connectivity index (χ3n) is 9.22. The van der Waals surface area contributed by atoms with E-state index in [2.05, 4.69) is 0 Å². The Labute approximate surface area is 251 Å². The van der Waals surface area contributed by atoms with E-state index in [9.17, 15) is 29.4 Å². The molecule has 4 saturated heterocycles. The van der Waals surface area contributed by atoms with E-state index < -0.39 is 59.6 Å². The van der Waals surface area contributed by atoms with Crippen molar-refractivity contribution in [1.82, 2.24) is 10.0 Å². The lowest BCUT2D eigenvalue weighted by Crippen LogP contribution is -2.50. The number of para-hydroxylation sites is 2. The number of carbonyl (C=O) groups excluding carboxylic acids is 4. The van der Waals surface area contributed by atoms with Gasteiger partial charge in [0.1, 0.15) is 23.6 Å². The second-order valence-electron chi connectivity index (χ2n) is 11.5. The predicted octanol–water partition coefficient (Wildman–Crippen LogP) is 3.54. The highest BCUT2D eigenvalue weighted by Crippen LogP contribution is 2.59. The number of phenols is 2. The van der Waals surface area contributed by atoms with Gasteiger partial charge in [0, 0.05) is 0 Å². The van der Waals surface area contributed by atoms with Gasteiger partial charge in [0.25, 0.3) is 11.8 Å². The van der Waals surface area contributed by atoms with Gasteiger partial charge >= 0.3 is 0 Å². The average Bonchev–Trinajstić information content (AvgIpc) is 3.70. The molecule has 44 heavy (non-hydrogen) atoms. The summed E-state index contributed by atoms with van der Waals surface area (Å²) < 4.78 is 0. The van der Waals surface area contributed by atoms with Crippen molar-refractivity contribution in [3.63, 3.8) is 0 Å². The largest absolute Gasteiger partial charge is 0.508 e. The topological polar surface area (TPSA) is 122 Å². The Morgan fingerprint density at radius 1 is 0.409 bits per heavy atom. The van der Waals surface area contributed by atoms with Crippen LogP contribution in [0.15, 0.2) is 109 Å². The molecule has 2 N–H and O–H groups in total. The molecule has 0 radical (unpaired) electrons. The number of carbonyl (C=O) groups is 4. The summed E-state index contributed by atoms with van der Waals surface area (Å²) in [6, 6.07) is 26.6. The van der Waals surface area contributed by atoms with Crippen molar-refractivity contribution in [2.45, 2.75) is 24.2 Å². The summed E-state index contributed by atoms with van der Waals surface area (Å²) in [5.74, 6) is -3.44. The molecule has 0 saturated carbocycles. The number of rotatable bonds is 4. The quantitative estimate of drug-likeness (QED) is 0.349. The highest BCUT2D eigenvalue weighted by atomic mass is 16.3. The van der Waals surface area contributed by atoms with Crippen LogP contribution in [0.2, 0.25) is 0 Å². The molecule has 4 aliphatic rings. The number of phenolic OH excluding ortho intramolecular Hbond substituents is 2. The molecular formula is C34H26N4O6. The minimum Gasteiger partial charge on any atom is -0.508 e. The highest BCUT2D eigenvalue weighted by molar-refractivity contribution is 6.26. The van der Waals surface area contributed by atoms with E-state index in [0.717, 1.165) is 0 Å². The predicted molar refractivity (Wildman–Crippen MR) is 158 cm³/mol. The second kappa shape index (κ2) is 9.60. The number of hydrogen-bond acceptors (Lipinski definition) is 8. The molecule has 0 spiro atoms. The Bertz CT molecular complexity index is 1680. The fourth-order valence-electron chi connectivity index (χ4n) is 7.50. The Balaban J connectivity index is 1.34. The van der Waals surface area contributed by atoms with Crippen LogP contribution in [-0.2, 0) is 19.2 Å². The Hall–Kier alpha value is -5.32. The monoisotopic (exact) mass is 586 g/mol. The van der Waals surface area contributed by atoms with Gasteiger partial charge in [-0.1, -0.05) is 60.7 Å². The van der Waals surface area contributed by atoms with E-state index >= 15 is 0 Å².